The van der Waals surface area contributed by atoms with Crippen LogP contribution in [0, 0.1) is 20.8 Å². The average molecular weight is 485 g/mol. The van der Waals surface area contributed by atoms with E-state index in [-0.39, 0.29) is 22.4 Å². The number of aryl methyl sites for hydroxylation is 2. The second-order valence-electron chi connectivity index (χ2n) is 8.56. The highest BCUT2D eigenvalue weighted by atomic mass is 32.2. The Kier molecular flexibility index (Phi) is 7.03. The van der Waals surface area contributed by atoms with Gasteiger partial charge in [0, 0.05) is 5.56 Å². The third-order valence-corrected chi connectivity index (χ3v) is 7.64. The van der Waals surface area contributed by atoms with Gasteiger partial charge in [0.2, 0.25) is 0 Å². The second-order valence-corrected chi connectivity index (χ2v) is 10.2. The van der Waals surface area contributed by atoms with Crippen LogP contribution < -0.4 is 10.0 Å². The Bertz CT molecular complexity index is 1410. The van der Waals surface area contributed by atoms with Crippen LogP contribution in [-0.2, 0) is 10.0 Å². The summed E-state index contributed by atoms with van der Waals surface area (Å²) in [6.07, 6.45) is 0. The number of benzene rings is 4. The maximum atomic E-state index is 13.3. The van der Waals surface area contributed by atoms with Gasteiger partial charge < -0.3 is 5.32 Å². The molecule has 0 aliphatic rings. The molecule has 4 aromatic carbocycles. The summed E-state index contributed by atoms with van der Waals surface area (Å²) in [6, 6.07) is 29.2. The van der Waals surface area contributed by atoms with Crippen molar-refractivity contribution >= 4 is 21.6 Å². The first kappa shape index (κ1) is 24.2. The normalized spacial score (nSPS) is 11.3. The smallest absolute Gasteiger partial charge is 0.262 e. The molecular weight excluding hydrogens is 456 g/mol. The highest BCUT2D eigenvalue weighted by Crippen LogP contribution is 2.26. The molecular formula is C29H28N2O3S. The van der Waals surface area contributed by atoms with Gasteiger partial charge in [-0.05, 0) is 66.8 Å². The van der Waals surface area contributed by atoms with Crippen molar-refractivity contribution in [3.8, 4) is 0 Å². The minimum Gasteiger partial charge on any atom is -0.341 e. The van der Waals surface area contributed by atoms with Crippen molar-refractivity contribution < 1.29 is 13.2 Å². The molecule has 5 nitrogen and oxygen atoms in total. The van der Waals surface area contributed by atoms with Gasteiger partial charge in [0.25, 0.3) is 15.9 Å². The summed E-state index contributed by atoms with van der Waals surface area (Å²) in [6.45, 7) is 5.52. The molecule has 0 aromatic heterocycles. The molecule has 6 heteroatoms. The van der Waals surface area contributed by atoms with Crippen LogP contribution in [-0.4, -0.2) is 14.3 Å². The summed E-state index contributed by atoms with van der Waals surface area (Å²) in [4.78, 5) is 13.4. The quantitative estimate of drug-likeness (QED) is 0.341. The second kappa shape index (κ2) is 10.2. The van der Waals surface area contributed by atoms with E-state index in [2.05, 4.69) is 10.0 Å². The summed E-state index contributed by atoms with van der Waals surface area (Å²) in [7, 11) is -3.90. The third-order valence-electron chi connectivity index (χ3n) is 6.13. The Balaban J connectivity index is 1.65. The number of carbonyl (C=O) groups is 1. The molecule has 0 radical (unpaired) electrons. The van der Waals surface area contributed by atoms with Gasteiger partial charge in [-0.15, -0.1) is 0 Å². The molecule has 4 aromatic rings. The molecule has 35 heavy (non-hydrogen) atoms. The molecule has 0 bridgehead atoms. The zero-order chi connectivity index (χ0) is 25.0. The maximum Gasteiger partial charge on any atom is 0.262 e. The monoisotopic (exact) mass is 484 g/mol. The Morgan fingerprint density at radius 2 is 1.31 bits per heavy atom. The number of hydrogen-bond acceptors (Lipinski definition) is 3. The number of amides is 1. The Labute approximate surface area is 206 Å². The SMILES string of the molecule is Cc1ccc(C(=O)NC(c2ccccc2)c2ccccc2)cc1S(=O)(=O)Nc1cccc(C)c1C. The van der Waals surface area contributed by atoms with E-state index in [1.54, 1.807) is 25.1 Å². The van der Waals surface area contributed by atoms with Crippen LogP contribution >= 0.6 is 0 Å². The van der Waals surface area contributed by atoms with Gasteiger partial charge in [0.15, 0.2) is 0 Å². The molecule has 0 atom stereocenters. The summed E-state index contributed by atoms with van der Waals surface area (Å²) in [5.74, 6) is -0.356. The fraction of sp³-hybridized carbons (Fsp3) is 0.138. The fourth-order valence-corrected chi connectivity index (χ4v) is 5.35. The zero-order valence-electron chi connectivity index (χ0n) is 19.9. The van der Waals surface area contributed by atoms with Gasteiger partial charge in [-0.2, -0.15) is 0 Å². The average Bonchev–Trinajstić information content (AvgIpc) is 2.86. The van der Waals surface area contributed by atoms with Crippen LogP contribution in [0.25, 0.3) is 0 Å². The fourth-order valence-electron chi connectivity index (χ4n) is 3.96. The first-order chi connectivity index (χ1) is 16.8. The molecule has 0 spiro atoms. The Morgan fingerprint density at radius 3 is 1.91 bits per heavy atom. The topological polar surface area (TPSA) is 75.3 Å². The molecule has 1 amide bonds. The van der Waals surface area contributed by atoms with E-state index in [1.807, 2.05) is 86.6 Å². The zero-order valence-corrected chi connectivity index (χ0v) is 20.8. The molecule has 0 aliphatic heterocycles. The predicted molar refractivity (Wildman–Crippen MR) is 140 cm³/mol. The van der Waals surface area contributed by atoms with Crippen LogP contribution in [0.15, 0.2) is 102 Å². The van der Waals surface area contributed by atoms with Crippen LogP contribution in [0.4, 0.5) is 5.69 Å². The van der Waals surface area contributed by atoms with Gasteiger partial charge >= 0.3 is 0 Å². The van der Waals surface area contributed by atoms with Gasteiger partial charge in [-0.3, -0.25) is 9.52 Å². The Morgan fingerprint density at radius 1 is 0.714 bits per heavy atom. The predicted octanol–water partition coefficient (Wildman–Crippen LogP) is 5.93. The van der Waals surface area contributed by atoms with E-state index in [4.69, 9.17) is 0 Å². The Hall–Kier alpha value is -3.90. The van der Waals surface area contributed by atoms with Crippen LogP contribution in [0.3, 0.4) is 0 Å². The lowest BCUT2D eigenvalue weighted by atomic mass is 9.98. The number of carbonyl (C=O) groups excluding carboxylic acids is 1. The molecule has 0 aliphatic carbocycles. The van der Waals surface area contributed by atoms with Gasteiger partial charge in [0.05, 0.1) is 16.6 Å². The van der Waals surface area contributed by atoms with Crippen molar-refractivity contribution in [1.82, 2.24) is 5.32 Å². The summed E-state index contributed by atoms with van der Waals surface area (Å²) >= 11 is 0. The molecule has 4 rings (SSSR count). The third kappa shape index (κ3) is 5.44. The number of hydrogen-bond donors (Lipinski definition) is 2. The lowest BCUT2D eigenvalue weighted by Gasteiger charge is -2.20. The number of sulfonamides is 1. The minimum absolute atomic E-state index is 0.0713. The largest absolute Gasteiger partial charge is 0.341 e. The van der Waals surface area contributed by atoms with E-state index in [1.165, 1.54) is 6.07 Å². The first-order valence-electron chi connectivity index (χ1n) is 11.4. The van der Waals surface area contributed by atoms with Gasteiger partial charge in [-0.25, -0.2) is 8.42 Å². The van der Waals surface area contributed by atoms with E-state index in [0.717, 1.165) is 22.3 Å². The van der Waals surface area contributed by atoms with E-state index < -0.39 is 10.0 Å². The lowest BCUT2D eigenvalue weighted by molar-refractivity contribution is 0.0942. The minimum atomic E-state index is -3.90. The maximum absolute atomic E-state index is 13.3. The number of anilines is 1. The standard InChI is InChI=1S/C29H28N2O3S/c1-20-11-10-16-26(22(20)3)31-35(33,34)27-19-25(18-17-21(27)2)29(32)30-28(23-12-6-4-7-13-23)24-14-8-5-9-15-24/h4-19,28,31H,1-3H3,(H,30,32). The van der Waals surface area contributed by atoms with Gasteiger partial charge in [-0.1, -0.05) is 78.9 Å². The molecule has 0 saturated carbocycles. The highest BCUT2D eigenvalue weighted by molar-refractivity contribution is 7.92. The highest BCUT2D eigenvalue weighted by Gasteiger charge is 2.22. The summed E-state index contributed by atoms with van der Waals surface area (Å²) < 4.78 is 29.2. The van der Waals surface area contributed by atoms with Crippen molar-refractivity contribution in [3.05, 3.63) is 130 Å². The molecule has 2 N–H and O–H groups in total. The number of rotatable bonds is 7. The van der Waals surface area contributed by atoms with E-state index in [9.17, 15) is 13.2 Å². The van der Waals surface area contributed by atoms with Gasteiger partial charge in [0.1, 0.15) is 0 Å². The van der Waals surface area contributed by atoms with Crippen molar-refractivity contribution in [1.29, 1.82) is 0 Å². The molecule has 0 saturated heterocycles. The summed E-state index contributed by atoms with van der Waals surface area (Å²) in [5.41, 5.74) is 5.06. The van der Waals surface area contributed by atoms with E-state index >= 15 is 0 Å². The number of nitrogens with one attached hydrogen (secondary N) is 2. The van der Waals surface area contributed by atoms with E-state index in [0.29, 0.717) is 11.3 Å². The molecule has 0 unspecified atom stereocenters. The molecule has 178 valence electrons. The van der Waals surface area contributed by atoms with Crippen molar-refractivity contribution in [2.45, 2.75) is 31.7 Å². The first-order valence-corrected chi connectivity index (χ1v) is 12.8. The van der Waals surface area contributed by atoms with Crippen LogP contribution in [0.1, 0.15) is 44.2 Å². The molecule has 0 heterocycles. The van der Waals surface area contributed by atoms with Crippen molar-refractivity contribution in [3.63, 3.8) is 0 Å². The van der Waals surface area contributed by atoms with Crippen molar-refractivity contribution in [2.24, 2.45) is 0 Å². The van der Waals surface area contributed by atoms with Crippen LogP contribution in [0.2, 0.25) is 0 Å². The van der Waals surface area contributed by atoms with Crippen molar-refractivity contribution in [2.75, 3.05) is 4.72 Å². The molecule has 0 fully saturated rings. The lowest BCUT2D eigenvalue weighted by Crippen LogP contribution is -2.29. The van der Waals surface area contributed by atoms with Crippen LogP contribution in [0.5, 0.6) is 0 Å². The summed E-state index contributed by atoms with van der Waals surface area (Å²) in [5, 5.41) is 3.08.